The molecule has 30 heavy (non-hydrogen) atoms. The van der Waals surface area contributed by atoms with Crippen LogP contribution in [0.2, 0.25) is 0 Å². The highest BCUT2D eigenvalue weighted by Crippen LogP contribution is 2.40. The molecule has 0 spiro atoms. The highest BCUT2D eigenvalue weighted by atomic mass is 32.2. The van der Waals surface area contributed by atoms with Crippen molar-refractivity contribution < 1.29 is 23.2 Å². The summed E-state index contributed by atoms with van der Waals surface area (Å²) >= 11 is 2.59. The lowest BCUT2D eigenvalue weighted by Crippen LogP contribution is -2.17. The zero-order valence-electron chi connectivity index (χ0n) is 16.6. The number of amides is 1. The van der Waals surface area contributed by atoms with Gasteiger partial charge >= 0.3 is 5.97 Å². The summed E-state index contributed by atoms with van der Waals surface area (Å²) in [5.74, 6) is 0.721. The number of aromatic nitrogens is 2. The molecular formula is C20H21N3O5S2. The topological polar surface area (TPSA) is 107 Å². The van der Waals surface area contributed by atoms with Gasteiger partial charge in [-0.1, -0.05) is 18.7 Å². The Morgan fingerprint density at radius 1 is 1.40 bits per heavy atom. The lowest BCUT2D eigenvalue weighted by Gasteiger charge is -2.18. The lowest BCUT2D eigenvalue weighted by molar-refractivity contribution is -0.113. The second-order valence-electron chi connectivity index (χ2n) is 6.96. The Balaban J connectivity index is 1.44. The Morgan fingerprint density at radius 3 is 3.03 bits per heavy atom. The Labute approximate surface area is 181 Å². The molecule has 4 rings (SSSR count). The summed E-state index contributed by atoms with van der Waals surface area (Å²) in [4.78, 5) is 26.2. The van der Waals surface area contributed by atoms with E-state index in [-0.39, 0.29) is 35.3 Å². The first-order valence-electron chi connectivity index (χ1n) is 9.66. The van der Waals surface area contributed by atoms with Gasteiger partial charge in [-0.25, -0.2) is 4.79 Å². The minimum Gasteiger partial charge on any atom is -0.462 e. The molecule has 10 heteroatoms. The van der Waals surface area contributed by atoms with E-state index in [0.717, 1.165) is 41.5 Å². The second-order valence-corrected chi connectivity index (χ2v) is 9.00. The zero-order chi connectivity index (χ0) is 21.1. The van der Waals surface area contributed by atoms with Crippen LogP contribution in [0.1, 0.15) is 41.1 Å². The first kappa shape index (κ1) is 20.7. The van der Waals surface area contributed by atoms with Gasteiger partial charge in [0.05, 0.1) is 24.2 Å². The molecule has 1 amide bonds. The Bertz CT molecular complexity index is 1040. The van der Waals surface area contributed by atoms with E-state index in [4.69, 9.17) is 13.6 Å². The van der Waals surface area contributed by atoms with Crippen molar-refractivity contribution in [1.29, 1.82) is 0 Å². The van der Waals surface area contributed by atoms with Crippen LogP contribution in [0, 0.1) is 5.92 Å². The van der Waals surface area contributed by atoms with Crippen molar-refractivity contribution >= 4 is 40.0 Å². The molecule has 3 heterocycles. The van der Waals surface area contributed by atoms with Gasteiger partial charge in [0.2, 0.25) is 5.91 Å². The number of carbonyl (C=O) groups is 2. The van der Waals surface area contributed by atoms with Crippen LogP contribution in [0.25, 0.3) is 11.7 Å². The maximum absolute atomic E-state index is 12.5. The summed E-state index contributed by atoms with van der Waals surface area (Å²) in [6, 6.07) is 3.44. The van der Waals surface area contributed by atoms with Gasteiger partial charge in [0.1, 0.15) is 5.00 Å². The van der Waals surface area contributed by atoms with Crippen LogP contribution in [0.3, 0.4) is 0 Å². The van der Waals surface area contributed by atoms with E-state index in [0.29, 0.717) is 22.2 Å². The number of esters is 1. The van der Waals surface area contributed by atoms with Crippen LogP contribution in [0.4, 0.5) is 5.00 Å². The molecule has 0 radical (unpaired) electrons. The molecular weight excluding hydrogens is 426 g/mol. The van der Waals surface area contributed by atoms with Crippen molar-refractivity contribution in [3.05, 3.63) is 34.4 Å². The van der Waals surface area contributed by atoms with Crippen LogP contribution >= 0.6 is 23.1 Å². The number of hydrogen-bond acceptors (Lipinski definition) is 9. The van der Waals surface area contributed by atoms with Gasteiger partial charge in [-0.2, -0.15) is 0 Å². The predicted octanol–water partition coefficient (Wildman–Crippen LogP) is 4.42. The second kappa shape index (κ2) is 9.05. The number of fused-ring (bicyclic) bond motifs is 1. The number of thiophene rings is 1. The Kier molecular flexibility index (Phi) is 6.24. The largest absolute Gasteiger partial charge is 0.462 e. The third-order valence-corrected chi connectivity index (χ3v) is 6.70. The van der Waals surface area contributed by atoms with E-state index in [1.165, 1.54) is 17.6 Å². The number of nitrogens with one attached hydrogen (secondary N) is 1. The maximum atomic E-state index is 12.5. The normalized spacial score (nSPS) is 15.6. The molecule has 1 atom stereocenters. The van der Waals surface area contributed by atoms with E-state index in [1.54, 1.807) is 19.1 Å². The summed E-state index contributed by atoms with van der Waals surface area (Å²) in [6.45, 7) is 4.26. The molecule has 0 saturated heterocycles. The standard InChI is InChI=1S/C20H21N3O5S2/c1-3-26-19(25)16-12-7-6-11(2)9-14(12)30-18(16)21-15(24)10-29-20-23-22-17(28-20)13-5-4-8-27-13/h4-5,8,11H,3,6-7,9-10H2,1-2H3,(H,21,24)/t11-/m1/s1. The Morgan fingerprint density at radius 2 is 2.27 bits per heavy atom. The van der Waals surface area contributed by atoms with Gasteiger partial charge in [0.15, 0.2) is 5.76 Å². The number of nitrogens with zero attached hydrogens (tertiary/aromatic N) is 2. The fourth-order valence-corrected chi connectivity index (χ4v) is 5.29. The number of carbonyl (C=O) groups excluding carboxylic acids is 2. The van der Waals surface area contributed by atoms with Gasteiger partial charge < -0.3 is 18.9 Å². The summed E-state index contributed by atoms with van der Waals surface area (Å²) in [6.07, 6.45) is 4.27. The fourth-order valence-electron chi connectivity index (χ4n) is 3.32. The number of rotatable bonds is 7. The molecule has 1 aliphatic rings. The molecule has 3 aromatic heterocycles. The number of anilines is 1. The van der Waals surface area contributed by atoms with Crippen molar-refractivity contribution in [3.63, 3.8) is 0 Å². The van der Waals surface area contributed by atoms with Crippen molar-refractivity contribution in [2.45, 2.75) is 38.3 Å². The molecule has 0 aromatic carbocycles. The smallest absolute Gasteiger partial charge is 0.341 e. The monoisotopic (exact) mass is 447 g/mol. The number of thioether (sulfide) groups is 1. The quantitative estimate of drug-likeness (QED) is 0.419. The summed E-state index contributed by atoms with van der Waals surface area (Å²) < 4.78 is 15.9. The van der Waals surface area contributed by atoms with Crippen LogP contribution in [0.15, 0.2) is 32.5 Å². The lowest BCUT2D eigenvalue weighted by atomic mass is 9.88. The molecule has 3 aromatic rings. The number of hydrogen-bond donors (Lipinski definition) is 1. The summed E-state index contributed by atoms with van der Waals surface area (Å²) in [5.41, 5.74) is 1.51. The van der Waals surface area contributed by atoms with Gasteiger partial charge in [0.25, 0.3) is 11.1 Å². The van der Waals surface area contributed by atoms with E-state index >= 15 is 0 Å². The van der Waals surface area contributed by atoms with Crippen LogP contribution in [0.5, 0.6) is 0 Å². The molecule has 0 unspecified atom stereocenters. The van der Waals surface area contributed by atoms with Gasteiger partial charge in [-0.3, -0.25) is 4.79 Å². The Hall–Kier alpha value is -2.59. The third-order valence-electron chi connectivity index (χ3n) is 4.71. The molecule has 0 saturated carbocycles. The number of furan rings is 1. The molecule has 158 valence electrons. The van der Waals surface area contributed by atoms with Gasteiger partial charge in [0, 0.05) is 4.88 Å². The minimum absolute atomic E-state index is 0.0705. The zero-order valence-corrected chi connectivity index (χ0v) is 18.2. The van der Waals surface area contributed by atoms with Crippen molar-refractivity contribution in [3.8, 4) is 11.7 Å². The van der Waals surface area contributed by atoms with E-state index in [1.807, 2.05) is 0 Å². The highest BCUT2D eigenvalue weighted by molar-refractivity contribution is 7.99. The molecule has 0 aliphatic heterocycles. The minimum atomic E-state index is -0.382. The fraction of sp³-hybridized carbons (Fsp3) is 0.400. The molecule has 0 fully saturated rings. The van der Waals surface area contributed by atoms with Crippen LogP contribution in [-0.2, 0) is 22.4 Å². The van der Waals surface area contributed by atoms with E-state index < -0.39 is 0 Å². The van der Waals surface area contributed by atoms with E-state index in [2.05, 4.69) is 22.4 Å². The average molecular weight is 448 g/mol. The molecule has 0 bridgehead atoms. The average Bonchev–Trinajstić information content (AvgIpc) is 3.45. The maximum Gasteiger partial charge on any atom is 0.341 e. The van der Waals surface area contributed by atoms with Crippen molar-refractivity contribution in [2.75, 3.05) is 17.7 Å². The highest BCUT2D eigenvalue weighted by Gasteiger charge is 2.29. The third kappa shape index (κ3) is 4.44. The summed E-state index contributed by atoms with van der Waals surface area (Å²) in [5, 5.41) is 11.5. The number of ether oxygens (including phenoxy) is 1. The predicted molar refractivity (Wildman–Crippen MR) is 113 cm³/mol. The van der Waals surface area contributed by atoms with Crippen molar-refractivity contribution in [2.24, 2.45) is 5.92 Å². The van der Waals surface area contributed by atoms with Crippen LogP contribution < -0.4 is 5.32 Å². The first-order chi connectivity index (χ1) is 14.5. The molecule has 1 aliphatic carbocycles. The van der Waals surface area contributed by atoms with Crippen LogP contribution in [-0.4, -0.2) is 34.4 Å². The SMILES string of the molecule is CCOC(=O)c1c(NC(=O)CSc2nnc(-c3ccco3)o2)sc2c1CC[C@@H](C)C2. The van der Waals surface area contributed by atoms with Gasteiger partial charge in [-0.05, 0) is 49.8 Å². The van der Waals surface area contributed by atoms with Gasteiger partial charge in [-0.15, -0.1) is 21.5 Å². The van der Waals surface area contributed by atoms with Crippen molar-refractivity contribution in [1.82, 2.24) is 10.2 Å². The molecule has 1 N–H and O–H groups in total. The first-order valence-corrected chi connectivity index (χ1v) is 11.5. The molecule has 8 nitrogen and oxygen atoms in total. The summed E-state index contributed by atoms with van der Waals surface area (Å²) in [7, 11) is 0. The van der Waals surface area contributed by atoms with E-state index in [9.17, 15) is 9.59 Å².